The van der Waals surface area contributed by atoms with E-state index in [9.17, 15) is 0 Å². The SMILES string of the molecule is CC1(c2cc(Cl)cc(Cl)c2)CC(c2cc3c(Cl)cccc3s2)=NO1. The molecule has 2 aromatic carbocycles. The quantitative estimate of drug-likeness (QED) is 0.461. The van der Waals surface area contributed by atoms with Crippen LogP contribution >= 0.6 is 46.1 Å². The van der Waals surface area contributed by atoms with Gasteiger partial charge in [-0.25, -0.2) is 0 Å². The van der Waals surface area contributed by atoms with Crippen LogP contribution in [0.3, 0.4) is 0 Å². The monoisotopic (exact) mass is 395 g/mol. The predicted molar refractivity (Wildman–Crippen MR) is 103 cm³/mol. The highest BCUT2D eigenvalue weighted by molar-refractivity contribution is 7.21. The molecule has 0 bridgehead atoms. The highest BCUT2D eigenvalue weighted by Gasteiger charge is 2.37. The predicted octanol–water partition coefficient (Wildman–Crippen LogP) is 6.90. The highest BCUT2D eigenvalue weighted by atomic mass is 35.5. The first-order chi connectivity index (χ1) is 11.4. The number of halogens is 3. The summed E-state index contributed by atoms with van der Waals surface area (Å²) in [6.07, 6.45) is 0.647. The van der Waals surface area contributed by atoms with Gasteiger partial charge in [0.15, 0.2) is 5.60 Å². The van der Waals surface area contributed by atoms with Gasteiger partial charge in [-0.2, -0.15) is 0 Å². The molecule has 1 unspecified atom stereocenters. The Morgan fingerprint density at radius 2 is 1.83 bits per heavy atom. The molecule has 2 nitrogen and oxygen atoms in total. The van der Waals surface area contributed by atoms with Crippen LogP contribution < -0.4 is 0 Å². The Morgan fingerprint density at radius 3 is 2.54 bits per heavy atom. The fourth-order valence-electron chi connectivity index (χ4n) is 2.85. The average molecular weight is 397 g/mol. The molecule has 4 rings (SSSR count). The highest BCUT2D eigenvalue weighted by Crippen LogP contribution is 2.40. The van der Waals surface area contributed by atoms with Gasteiger partial charge in [-0.15, -0.1) is 11.3 Å². The first-order valence-corrected chi connectivity index (χ1v) is 9.30. The van der Waals surface area contributed by atoms with Crippen molar-refractivity contribution in [1.29, 1.82) is 0 Å². The second-order valence-corrected chi connectivity index (χ2v) is 8.32. The van der Waals surface area contributed by atoms with Crippen LogP contribution in [0.2, 0.25) is 15.1 Å². The molecule has 0 saturated carbocycles. The molecule has 3 aromatic rings. The van der Waals surface area contributed by atoms with Gasteiger partial charge >= 0.3 is 0 Å². The summed E-state index contributed by atoms with van der Waals surface area (Å²) in [5.74, 6) is 0. The van der Waals surface area contributed by atoms with Gasteiger partial charge in [-0.3, -0.25) is 0 Å². The maximum atomic E-state index is 6.27. The minimum absolute atomic E-state index is 0.580. The lowest BCUT2D eigenvalue weighted by atomic mass is 9.90. The van der Waals surface area contributed by atoms with Crippen molar-refractivity contribution in [2.24, 2.45) is 5.16 Å². The summed E-state index contributed by atoms with van der Waals surface area (Å²) in [7, 11) is 0. The zero-order valence-corrected chi connectivity index (χ0v) is 15.7. The Morgan fingerprint density at radius 1 is 1.08 bits per heavy atom. The Balaban J connectivity index is 1.68. The van der Waals surface area contributed by atoms with E-state index in [1.807, 2.05) is 31.2 Å². The number of oxime groups is 1. The summed E-state index contributed by atoms with van der Waals surface area (Å²) < 4.78 is 1.14. The summed E-state index contributed by atoms with van der Waals surface area (Å²) in [6, 6.07) is 13.4. The standard InChI is InChI=1S/C18H12Cl3NOS/c1-18(10-5-11(19)7-12(20)6-10)9-15(22-23-18)17-8-13-14(21)3-2-4-16(13)24-17/h2-8H,9H2,1H3. The van der Waals surface area contributed by atoms with Gasteiger partial charge < -0.3 is 4.84 Å². The Labute approximate surface area is 158 Å². The molecule has 122 valence electrons. The summed E-state index contributed by atoms with van der Waals surface area (Å²) in [5.41, 5.74) is 1.24. The van der Waals surface area contributed by atoms with Crippen LogP contribution in [0.1, 0.15) is 23.8 Å². The third-order valence-electron chi connectivity index (χ3n) is 4.13. The molecule has 0 spiro atoms. The van der Waals surface area contributed by atoms with Crippen molar-refractivity contribution >= 4 is 61.9 Å². The molecule has 0 fully saturated rings. The molecule has 1 aliphatic heterocycles. The maximum Gasteiger partial charge on any atom is 0.165 e. The Hall–Kier alpha value is -1.26. The van der Waals surface area contributed by atoms with Gasteiger partial charge in [-0.05, 0) is 43.3 Å². The van der Waals surface area contributed by atoms with Gasteiger partial charge in [0.2, 0.25) is 0 Å². The van der Waals surface area contributed by atoms with Crippen molar-refractivity contribution in [3.05, 3.63) is 68.0 Å². The molecule has 0 amide bonds. The van der Waals surface area contributed by atoms with E-state index in [-0.39, 0.29) is 0 Å². The van der Waals surface area contributed by atoms with E-state index in [0.29, 0.717) is 16.5 Å². The minimum atomic E-state index is -0.580. The van der Waals surface area contributed by atoms with Crippen LogP contribution in [0.4, 0.5) is 0 Å². The maximum absolute atomic E-state index is 6.27. The molecular weight excluding hydrogens is 385 g/mol. The number of nitrogens with zero attached hydrogens (tertiary/aromatic N) is 1. The van der Waals surface area contributed by atoms with Crippen molar-refractivity contribution in [3.8, 4) is 0 Å². The number of hydrogen-bond donors (Lipinski definition) is 0. The average Bonchev–Trinajstić information content (AvgIpc) is 3.12. The number of rotatable bonds is 2. The fourth-order valence-corrected chi connectivity index (χ4v) is 4.73. The molecule has 2 heterocycles. The van der Waals surface area contributed by atoms with Crippen molar-refractivity contribution in [1.82, 2.24) is 0 Å². The lowest BCUT2D eigenvalue weighted by molar-refractivity contribution is -0.00737. The van der Waals surface area contributed by atoms with Crippen molar-refractivity contribution in [2.75, 3.05) is 0 Å². The fraction of sp³-hybridized carbons (Fsp3) is 0.167. The van der Waals surface area contributed by atoms with Crippen molar-refractivity contribution in [2.45, 2.75) is 18.9 Å². The number of fused-ring (bicyclic) bond motifs is 1. The molecule has 0 saturated heterocycles. The second-order valence-electron chi connectivity index (χ2n) is 5.96. The molecule has 6 heteroatoms. The van der Waals surface area contributed by atoms with Crippen molar-refractivity contribution < 1.29 is 4.84 Å². The van der Waals surface area contributed by atoms with Gasteiger partial charge in [0.1, 0.15) is 5.71 Å². The molecule has 1 atom stereocenters. The van der Waals surface area contributed by atoms with Gasteiger partial charge in [-0.1, -0.05) is 46.0 Å². The smallest absolute Gasteiger partial charge is 0.165 e. The zero-order chi connectivity index (χ0) is 16.9. The largest absolute Gasteiger partial charge is 0.384 e. The van der Waals surface area contributed by atoms with Crippen LogP contribution in [0, 0.1) is 0 Å². The second kappa shape index (κ2) is 5.92. The molecule has 1 aliphatic rings. The first kappa shape index (κ1) is 16.2. The van der Waals surface area contributed by atoms with Gasteiger partial charge in [0.05, 0.1) is 4.88 Å². The third-order valence-corrected chi connectivity index (χ3v) is 6.04. The number of thiophene rings is 1. The molecular formula is C18H12Cl3NOS. The van der Waals surface area contributed by atoms with E-state index < -0.39 is 5.60 Å². The first-order valence-electron chi connectivity index (χ1n) is 7.35. The van der Waals surface area contributed by atoms with Crippen LogP contribution in [0.25, 0.3) is 10.1 Å². The van der Waals surface area contributed by atoms with E-state index in [0.717, 1.165) is 31.3 Å². The summed E-state index contributed by atoms with van der Waals surface area (Å²) in [6.45, 7) is 1.99. The van der Waals surface area contributed by atoms with Crippen LogP contribution in [0.15, 0.2) is 47.6 Å². The van der Waals surface area contributed by atoms with E-state index in [4.69, 9.17) is 39.6 Å². The Kier molecular flexibility index (Phi) is 4.00. The number of benzene rings is 2. The topological polar surface area (TPSA) is 21.6 Å². The third kappa shape index (κ3) is 2.80. The Bertz CT molecular complexity index is 961. The molecule has 1 aromatic heterocycles. The minimum Gasteiger partial charge on any atom is -0.384 e. The van der Waals surface area contributed by atoms with Crippen LogP contribution in [0.5, 0.6) is 0 Å². The van der Waals surface area contributed by atoms with Gasteiger partial charge in [0, 0.05) is 37.1 Å². The number of hydrogen-bond acceptors (Lipinski definition) is 3. The van der Waals surface area contributed by atoms with E-state index in [1.165, 1.54) is 0 Å². The zero-order valence-electron chi connectivity index (χ0n) is 12.6. The van der Waals surface area contributed by atoms with Gasteiger partial charge in [0.25, 0.3) is 0 Å². The lowest BCUT2D eigenvalue weighted by Gasteiger charge is -2.22. The van der Waals surface area contributed by atoms with E-state index in [2.05, 4.69) is 17.3 Å². The molecule has 0 aliphatic carbocycles. The molecule has 0 radical (unpaired) electrons. The summed E-state index contributed by atoms with van der Waals surface area (Å²) >= 11 is 20.2. The summed E-state index contributed by atoms with van der Waals surface area (Å²) in [4.78, 5) is 6.84. The normalized spacial score (nSPS) is 20.2. The summed E-state index contributed by atoms with van der Waals surface area (Å²) in [5, 5.41) is 7.28. The van der Waals surface area contributed by atoms with E-state index in [1.54, 1.807) is 17.4 Å². The van der Waals surface area contributed by atoms with Crippen LogP contribution in [-0.4, -0.2) is 5.71 Å². The van der Waals surface area contributed by atoms with Crippen molar-refractivity contribution in [3.63, 3.8) is 0 Å². The van der Waals surface area contributed by atoms with E-state index >= 15 is 0 Å². The molecule has 0 N–H and O–H groups in total. The lowest BCUT2D eigenvalue weighted by Crippen LogP contribution is -2.21. The molecule has 24 heavy (non-hydrogen) atoms. The van der Waals surface area contributed by atoms with Crippen LogP contribution in [-0.2, 0) is 10.4 Å².